The van der Waals surface area contributed by atoms with Gasteiger partial charge in [0.15, 0.2) is 5.78 Å². The molecule has 1 aromatic heterocycles. The summed E-state index contributed by atoms with van der Waals surface area (Å²) >= 11 is 0. The third-order valence-electron chi connectivity index (χ3n) is 10.9. The van der Waals surface area contributed by atoms with Crippen molar-refractivity contribution in [1.29, 1.82) is 0 Å². The molecule has 1 saturated heterocycles. The Morgan fingerprint density at radius 2 is 1.75 bits per heavy atom. The second-order valence-electron chi connectivity index (χ2n) is 19.7. The summed E-state index contributed by atoms with van der Waals surface area (Å²) in [6.07, 6.45) is 5.42. The fourth-order valence-electron chi connectivity index (χ4n) is 7.31. The predicted octanol–water partition coefficient (Wildman–Crippen LogP) is 6.85. The second kappa shape index (κ2) is 17.6. The molecule has 2 aliphatic carbocycles. The van der Waals surface area contributed by atoms with Gasteiger partial charge in [-0.3, -0.25) is 19.2 Å². The lowest BCUT2D eigenvalue weighted by Gasteiger charge is -2.35. The maximum atomic E-state index is 14.6. The van der Waals surface area contributed by atoms with E-state index in [0.29, 0.717) is 30.9 Å². The Hall–Kier alpha value is -4.46. The molecular formula is C44H62N4O10S. The molecule has 59 heavy (non-hydrogen) atoms. The van der Waals surface area contributed by atoms with E-state index in [0.717, 1.165) is 10.8 Å². The van der Waals surface area contributed by atoms with Gasteiger partial charge in [-0.1, -0.05) is 47.6 Å². The molecule has 2 heterocycles. The van der Waals surface area contributed by atoms with Crippen LogP contribution < -0.4 is 14.2 Å². The first-order chi connectivity index (χ1) is 27.1. The largest absolute Gasteiger partial charge is 0.497 e. The van der Waals surface area contributed by atoms with Crippen LogP contribution in [0.25, 0.3) is 10.8 Å². The van der Waals surface area contributed by atoms with Gasteiger partial charge in [0.25, 0.3) is 0 Å². The van der Waals surface area contributed by atoms with Crippen molar-refractivity contribution < 1.29 is 46.0 Å². The number of aliphatic imine (C=N–C) groups is 1. The number of hydrogen-bond donors (Lipinski definition) is 1. The summed E-state index contributed by atoms with van der Waals surface area (Å²) in [6.45, 7) is 22.7. The van der Waals surface area contributed by atoms with E-state index in [9.17, 15) is 32.4 Å². The fraction of sp³-hybridized carbons (Fsp3) is 0.636. The molecule has 324 valence electrons. The SMILES string of the molecule is C=C[C@@H]1C[C@]1(CC(=O)[C@@H]1C[C@@H](Oc2nccc3cc(OC)ccc23)CN1C(=O)[C@@H](CC(=O)CC(C)(C)C)C(C)(C)C)C(=O)NS(=O)(=O)OC1(C)CC1.CC(C)(C)N=C=O. The fourth-order valence-corrected chi connectivity index (χ4v) is 8.48. The average Bonchev–Trinajstić information content (AvgIpc) is 3.97. The molecule has 3 fully saturated rings. The molecule has 1 aliphatic heterocycles. The van der Waals surface area contributed by atoms with E-state index in [1.54, 1.807) is 32.4 Å². The highest BCUT2D eigenvalue weighted by Gasteiger charge is 2.61. The van der Waals surface area contributed by atoms with Crippen LogP contribution in [-0.2, 0) is 38.5 Å². The molecule has 5 rings (SSSR count). The lowest BCUT2D eigenvalue weighted by Crippen LogP contribution is -2.48. The first-order valence-corrected chi connectivity index (χ1v) is 21.5. The minimum Gasteiger partial charge on any atom is -0.497 e. The molecule has 5 atom stereocenters. The molecule has 0 spiro atoms. The van der Waals surface area contributed by atoms with Crippen LogP contribution in [0.4, 0.5) is 0 Å². The van der Waals surface area contributed by atoms with E-state index in [1.165, 1.54) is 11.0 Å². The summed E-state index contributed by atoms with van der Waals surface area (Å²) in [7, 11) is -2.84. The van der Waals surface area contributed by atoms with Gasteiger partial charge in [0.2, 0.25) is 23.8 Å². The number of ketones is 2. The predicted molar refractivity (Wildman–Crippen MR) is 223 cm³/mol. The first-order valence-electron chi connectivity index (χ1n) is 20.1. The number of pyridine rings is 1. The normalized spacial score (nSPS) is 22.8. The summed E-state index contributed by atoms with van der Waals surface area (Å²) in [5.41, 5.74) is -3.35. The van der Waals surface area contributed by atoms with Gasteiger partial charge in [-0.15, -0.1) is 6.58 Å². The second-order valence-corrected chi connectivity index (χ2v) is 21.0. The molecule has 2 saturated carbocycles. The van der Waals surface area contributed by atoms with Gasteiger partial charge in [0, 0.05) is 43.2 Å². The number of methoxy groups -OCH3 is 1. The first kappa shape index (κ1) is 47.2. The zero-order valence-corrected chi connectivity index (χ0v) is 37.3. The highest BCUT2D eigenvalue weighted by atomic mass is 32.2. The van der Waals surface area contributed by atoms with Crippen LogP contribution in [0.5, 0.6) is 11.6 Å². The van der Waals surface area contributed by atoms with E-state index in [-0.39, 0.29) is 54.9 Å². The summed E-state index contributed by atoms with van der Waals surface area (Å²) < 4.78 is 44.6. The molecule has 0 unspecified atom stereocenters. The molecule has 0 bridgehead atoms. The summed E-state index contributed by atoms with van der Waals surface area (Å²) in [4.78, 5) is 74.8. The number of nitrogens with zero attached hydrogens (tertiary/aromatic N) is 3. The van der Waals surface area contributed by atoms with Crippen LogP contribution in [0.15, 0.2) is 48.1 Å². The number of carbonyl (C=O) groups is 4. The molecule has 1 N–H and O–H groups in total. The van der Waals surface area contributed by atoms with Crippen LogP contribution in [0.1, 0.15) is 114 Å². The number of ether oxygens (including phenoxy) is 2. The van der Waals surface area contributed by atoms with E-state index in [4.69, 9.17) is 13.7 Å². The maximum Gasteiger partial charge on any atom is 0.362 e. The van der Waals surface area contributed by atoms with Crippen molar-refractivity contribution in [2.75, 3.05) is 13.7 Å². The van der Waals surface area contributed by atoms with Crippen molar-refractivity contribution in [3.05, 3.63) is 43.1 Å². The molecule has 2 aromatic rings. The number of benzene rings is 1. The number of amides is 2. The van der Waals surface area contributed by atoms with Gasteiger partial charge in [-0.25, -0.2) is 23.7 Å². The summed E-state index contributed by atoms with van der Waals surface area (Å²) in [5, 5.41) is 1.56. The van der Waals surface area contributed by atoms with Crippen LogP contribution >= 0.6 is 0 Å². The molecule has 3 aliphatic rings. The average molecular weight is 839 g/mol. The zero-order chi connectivity index (χ0) is 44.4. The highest BCUT2D eigenvalue weighted by molar-refractivity contribution is 7.85. The Morgan fingerprint density at radius 3 is 2.25 bits per heavy atom. The van der Waals surface area contributed by atoms with Crippen LogP contribution in [0.3, 0.4) is 0 Å². The Morgan fingerprint density at radius 1 is 1.08 bits per heavy atom. The van der Waals surface area contributed by atoms with E-state index in [2.05, 4.69) is 16.6 Å². The smallest absolute Gasteiger partial charge is 0.362 e. The number of carbonyl (C=O) groups excluding carboxylic acids is 5. The monoisotopic (exact) mass is 838 g/mol. The Bertz CT molecular complexity index is 2090. The zero-order valence-electron chi connectivity index (χ0n) is 36.5. The van der Waals surface area contributed by atoms with Crippen molar-refractivity contribution >= 4 is 50.5 Å². The molecule has 14 nitrogen and oxygen atoms in total. The highest BCUT2D eigenvalue weighted by Crippen LogP contribution is 2.57. The maximum absolute atomic E-state index is 14.6. The van der Waals surface area contributed by atoms with Crippen molar-refractivity contribution in [1.82, 2.24) is 14.6 Å². The van der Waals surface area contributed by atoms with Crippen molar-refractivity contribution in [2.24, 2.45) is 33.1 Å². The van der Waals surface area contributed by atoms with E-state index in [1.807, 2.05) is 85.2 Å². The number of rotatable bonds is 15. The van der Waals surface area contributed by atoms with Gasteiger partial charge in [-0.2, -0.15) is 8.42 Å². The standard InChI is InChI=1S/C39H53N3O9S.C5H9NO/c1-10-25-20-39(25,35(46)41-52(47,48)51-38(8)14-15-38)22-32(44)31-19-28(50-33-29-12-11-27(49-9)17-24(29)13-16-40-33)23-42(31)34(45)30(37(5,6)7)18-26(43)21-36(2,3)4;1-5(2,3)6-4-7/h10-13,16-17,25,28,30-31H,1,14-15,18-23H2,2-9H3,(H,41,46);1-3H3/t25-,28-,30-,31+,39-;/m1./s1. The van der Waals surface area contributed by atoms with Crippen LogP contribution in [0.2, 0.25) is 0 Å². The van der Waals surface area contributed by atoms with Gasteiger partial charge in [0.05, 0.1) is 36.3 Å². The van der Waals surface area contributed by atoms with E-state index < -0.39 is 62.4 Å². The number of Topliss-reactive ketones (excluding diaryl/α,β-unsaturated/α-hetero) is 2. The number of isocyanates is 1. The Kier molecular flexibility index (Phi) is 14.1. The lowest BCUT2D eigenvalue weighted by molar-refractivity contribution is -0.146. The third-order valence-corrected chi connectivity index (χ3v) is 11.9. The van der Waals surface area contributed by atoms with Crippen molar-refractivity contribution in [2.45, 2.75) is 137 Å². The summed E-state index contributed by atoms with van der Waals surface area (Å²) in [6, 6.07) is 6.32. The molecule has 0 radical (unpaired) electrons. The number of hydrogen-bond acceptors (Lipinski definition) is 12. The molecular weight excluding hydrogens is 777 g/mol. The minimum absolute atomic E-state index is 0.0108. The quantitative estimate of drug-likeness (QED) is 0.112. The van der Waals surface area contributed by atoms with Crippen molar-refractivity contribution in [3.8, 4) is 11.6 Å². The molecule has 15 heteroatoms. The number of allylic oxidation sites excluding steroid dienone is 1. The number of aromatic nitrogens is 1. The van der Waals surface area contributed by atoms with Crippen LogP contribution in [-0.4, -0.2) is 84.7 Å². The topological polar surface area (TPSA) is 188 Å². The third kappa shape index (κ3) is 12.8. The van der Waals surface area contributed by atoms with Gasteiger partial charge < -0.3 is 14.4 Å². The Labute approximate surface area is 349 Å². The number of likely N-dealkylation sites (tertiary alicyclic amines) is 1. The minimum atomic E-state index is -4.42. The van der Waals surface area contributed by atoms with Crippen molar-refractivity contribution in [3.63, 3.8) is 0 Å². The van der Waals surface area contributed by atoms with Gasteiger partial charge in [-0.05, 0) is 93.4 Å². The number of fused-ring (bicyclic) bond motifs is 1. The lowest BCUT2D eigenvalue weighted by atomic mass is 9.75. The molecule has 1 aromatic carbocycles. The summed E-state index contributed by atoms with van der Waals surface area (Å²) in [5.74, 6) is -1.82. The van der Waals surface area contributed by atoms with Gasteiger partial charge >= 0.3 is 10.3 Å². The van der Waals surface area contributed by atoms with E-state index >= 15 is 0 Å². The molecule has 2 amide bonds. The Balaban J connectivity index is 0.00000101. The van der Waals surface area contributed by atoms with Crippen LogP contribution in [0, 0.1) is 28.1 Å². The number of nitrogens with one attached hydrogen (secondary N) is 1. The van der Waals surface area contributed by atoms with Gasteiger partial charge in [0.1, 0.15) is 17.6 Å².